The van der Waals surface area contributed by atoms with E-state index in [1.165, 1.54) is 29.4 Å². The number of rotatable bonds is 6. The molecule has 1 atom stereocenters. The Morgan fingerprint density at radius 3 is 2.62 bits per heavy atom. The summed E-state index contributed by atoms with van der Waals surface area (Å²) in [6, 6.07) is 12.9. The summed E-state index contributed by atoms with van der Waals surface area (Å²) in [7, 11) is -2.13. The van der Waals surface area contributed by atoms with Crippen molar-refractivity contribution >= 4 is 57.1 Å². The first-order valence-electron chi connectivity index (χ1n) is 11.8. The molecule has 0 saturated heterocycles. The molecule has 1 N–H and O–H groups in total. The molecule has 0 radical (unpaired) electrons. The van der Waals surface area contributed by atoms with Crippen molar-refractivity contribution in [2.75, 3.05) is 41.4 Å². The molecule has 37 heavy (non-hydrogen) atoms. The third-order valence-electron chi connectivity index (χ3n) is 6.26. The quantitative estimate of drug-likeness (QED) is 0.337. The van der Waals surface area contributed by atoms with Crippen molar-refractivity contribution in [2.45, 2.75) is 25.1 Å². The summed E-state index contributed by atoms with van der Waals surface area (Å²) in [4.78, 5) is 25.4. The van der Waals surface area contributed by atoms with E-state index < -0.39 is 21.5 Å². The van der Waals surface area contributed by atoms with E-state index in [4.69, 9.17) is 10.1 Å². The molecule has 10 nitrogen and oxygen atoms in total. The molecule has 1 amide bonds. The molecule has 2 aromatic rings. The lowest BCUT2D eigenvalue weighted by Gasteiger charge is -2.32. The molecule has 4 rings (SSSR count). The smallest absolute Gasteiger partial charge is 0.431 e. The van der Waals surface area contributed by atoms with Crippen molar-refractivity contribution in [1.29, 1.82) is 5.41 Å². The Hall–Kier alpha value is -3.38. The Balaban J connectivity index is 1.59. The molecule has 12 heteroatoms. The lowest BCUT2D eigenvalue weighted by Crippen LogP contribution is -2.40. The number of amides is 1. The summed E-state index contributed by atoms with van der Waals surface area (Å²) in [5, 5.41) is 13.6. The van der Waals surface area contributed by atoms with Crippen molar-refractivity contribution < 1.29 is 22.7 Å². The third-order valence-corrected chi connectivity index (χ3v) is 8.62. The van der Waals surface area contributed by atoms with E-state index in [1.807, 2.05) is 23.1 Å². The van der Waals surface area contributed by atoms with Crippen LogP contribution in [0.4, 0.5) is 16.2 Å². The van der Waals surface area contributed by atoms with Gasteiger partial charge in [0.25, 0.3) is 0 Å². The molecule has 196 valence electrons. The van der Waals surface area contributed by atoms with Crippen LogP contribution >= 0.6 is 11.8 Å². The number of anilines is 2. The molecule has 0 spiro atoms. The van der Waals surface area contributed by atoms with Gasteiger partial charge >= 0.3 is 6.09 Å². The summed E-state index contributed by atoms with van der Waals surface area (Å²) in [6.45, 7) is 2.79. The first-order valence-corrected chi connectivity index (χ1v) is 14.7. The Morgan fingerprint density at radius 1 is 1.27 bits per heavy atom. The van der Waals surface area contributed by atoms with Gasteiger partial charge < -0.3 is 9.64 Å². The van der Waals surface area contributed by atoms with Crippen LogP contribution in [0.3, 0.4) is 0 Å². The van der Waals surface area contributed by atoms with Crippen LogP contribution in [0, 0.1) is 5.41 Å². The van der Waals surface area contributed by atoms with E-state index in [0.717, 1.165) is 34.7 Å². The van der Waals surface area contributed by atoms with Crippen molar-refractivity contribution in [3.05, 3.63) is 59.2 Å². The van der Waals surface area contributed by atoms with Crippen molar-refractivity contribution in [3.63, 3.8) is 0 Å². The van der Waals surface area contributed by atoms with Crippen LogP contribution in [0.5, 0.6) is 0 Å². The number of ether oxygens (including phenoxy) is 1. The lowest BCUT2D eigenvalue weighted by atomic mass is 9.97. The fourth-order valence-corrected chi connectivity index (χ4v) is 6.37. The number of sulfonamides is 1. The number of aryl methyl sites for hydroxylation is 1. The van der Waals surface area contributed by atoms with E-state index in [-0.39, 0.29) is 0 Å². The van der Waals surface area contributed by atoms with Gasteiger partial charge in [0.15, 0.2) is 11.7 Å². The molecular formula is C25H29N5O5S2. The first-order chi connectivity index (χ1) is 17.7. The van der Waals surface area contributed by atoms with Crippen LogP contribution in [-0.4, -0.2) is 74.9 Å². The van der Waals surface area contributed by atoms with Crippen molar-refractivity contribution in [3.8, 4) is 0 Å². The predicted molar refractivity (Wildman–Crippen MR) is 146 cm³/mol. The maximum atomic E-state index is 12.1. The van der Waals surface area contributed by atoms with Crippen LogP contribution in [-0.2, 0) is 26.0 Å². The second-order valence-corrected chi connectivity index (χ2v) is 11.6. The number of nitrogens with zero attached hydrogens (tertiary/aromatic N) is 4. The van der Waals surface area contributed by atoms with E-state index in [1.54, 1.807) is 31.2 Å². The summed E-state index contributed by atoms with van der Waals surface area (Å²) >= 11 is 1.30. The van der Waals surface area contributed by atoms with Gasteiger partial charge in [-0.05, 0) is 67.3 Å². The molecule has 2 aromatic carbocycles. The number of aldehydes is 1. The molecular weight excluding hydrogens is 514 g/mol. The Bertz CT molecular complexity index is 1340. The van der Waals surface area contributed by atoms with Crippen LogP contribution in [0.1, 0.15) is 30.0 Å². The van der Waals surface area contributed by atoms with Gasteiger partial charge in [0.2, 0.25) is 10.0 Å². The SMILES string of the molecule is CCN(c1ccc(C(=N)N2CCCc3cc(C4=NN(C(=O)OC)C(C=O)SC4)ccc32)cc1)S(C)(=O)=O. The molecule has 0 fully saturated rings. The minimum Gasteiger partial charge on any atom is -0.451 e. The van der Waals surface area contributed by atoms with Crippen LogP contribution in [0.15, 0.2) is 47.6 Å². The van der Waals surface area contributed by atoms with Gasteiger partial charge in [0.1, 0.15) is 5.84 Å². The van der Waals surface area contributed by atoms with Gasteiger partial charge in [-0.15, -0.1) is 11.8 Å². The summed E-state index contributed by atoms with van der Waals surface area (Å²) in [5.41, 5.74) is 4.76. The number of benzene rings is 2. The number of amidine groups is 1. The standard InChI is InChI=1S/C25H29N5O5S2/c1-4-29(37(3,33)34)20-10-7-17(8-11-20)24(26)28-13-5-6-19-14-18(9-12-22(19)28)21-16-36-23(15-31)30(27-21)25(32)35-2/h7-12,14-15,23,26H,4-6,13,16H2,1-3H3. The molecule has 0 saturated carbocycles. The van der Waals surface area contributed by atoms with Gasteiger partial charge in [-0.1, -0.05) is 6.07 Å². The molecule has 0 bridgehead atoms. The Morgan fingerprint density at radius 2 is 2.00 bits per heavy atom. The second-order valence-electron chi connectivity index (χ2n) is 8.62. The molecule has 2 aliphatic heterocycles. The van der Waals surface area contributed by atoms with E-state index >= 15 is 0 Å². The van der Waals surface area contributed by atoms with Gasteiger partial charge in [0.05, 0.1) is 24.8 Å². The normalized spacial score (nSPS) is 17.5. The van der Waals surface area contributed by atoms with E-state index in [0.29, 0.717) is 47.9 Å². The Labute approximate surface area is 220 Å². The largest absolute Gasteiger partial charge is 0.451 e. The zero-order valence-electron chi connectivity index (χ0n) is 20.9. The van der Waals surface area contributed by atoms with E-state index in [9.17, 15) is 18.0 Å². The number of nitrogens with one attached hydrogen (secondary N) is 1. The number of hydrazone groups is 1. The highest BCUT2D eigenvalue weighted by Crippen LogP contribution is 2.32. The van der Waals surface area contributed by atoms with Crippen molar-refractivity contribution in [2.24, 2.45) is 5.10 Å². The highest BCUT2D eigenvalue weighted by atomic mass is 32.2. The zero-order chi connectivity index (χ0) is 26.7. The fourth-order valence-electron chi connectivity index (χ4n) is 4.49. The predicted octanol–water partition coefficient (Wildman–Crippen LogP) is 3.29. The number of hydrogen-bond acceptors (Lipinski definition) is 8. The molecule has 0 aliphatic carbocycles. The average Bonchev–Trinajstić information content (AvgIpc) is 2.91. The topological polar surface area (TPSA) is 123 Å². The summed E-state index contributed by atoms with van der Waals surface area (Å²) < 4.78 is 30.2. The van der Waals surface area contributed by atoms with E-state index in [2.05, 4.69) is 5.10 Å². The molecule has 1 unspecified atom stereocenters. The number of carbonyl (C=O) groups is 2. The highest BCUT2D eigenvalue weighted by molar-refractivity contribution is 8.01. The maximum absolute atomic E-state index is 12.1. The zero-order valence-corrected chi connectivity index (χ0v) is 22.5. The van der Waals surface area contributed by atoms with Crippen LogP contribution < -0.4 is 9.21 Å². The number of carbonyl (C=O) groups excluding carboxylic acids is 2. The van der Waals surface area contributed by atoms with Crippen LogP contribution in [0.2, 0.25) is 0 Å². The summed E-state index contributed by atoms with van der Waals surface area (Å²) in [6.07, 6.45) is 2.85. The lowest BCUT2D eigenvalue weighted by molar-refractivity contribution is -0.109. The summed E-state index contributed by atoms with van der Waals surface area (Å²) in [5.74, 6) is 0.808. The second kappa shape index (κ2) is 10.9. The third kappa shape index (κ3) is 5.49. The maximum Gasteiger partial charge on any atom is 0.431 e. The minimum atomic E-state index is -3.38. The number of hydrogen-bond donors (Lipinski definition) is 1. The number of fused-ring (bicyclic) bond motifs is 1. The highest BCUT2D eigenvalue weighted by Gasteiger charge is 2.30. The average molecular weight is 544 g/mol. The minimum absolute atomic E-state index is 0.328. The fraction of sp³-hybridized carbons (Fsp3) is 0.360. The van der Waals surface area contributed by atoms with Gasteiger partial charge in [-0.3, -0.25) is 14.5 Å². The van der Waals surface area contributed by atoms with Gasteiger partial charge in [-0.25, -0.2) is 13.2 Å². The Kier molecular flexibility index (Phi) is 7.88. The van der Waals surface area contributed by atoms with Gasteiger partial charge in [-0.2, -0.15) is 10.1 Å². The number of methoxy groups -OCH3 is 1. The van der Waals surface area contributed by atoms with Crippen LogP contribution in [0.25, 0.3) is 0 Å². The molecule has 2 aliphatic rings. The van der Waals surface area contributed by atoms with Crippen molar-refractivity contribution in [1.82, 2.24) is 5.01 Å². The molecule has 0 aromatic heterocycles. The van der Waals surface area contributed by atoms with Gasteiger partial charge in [0, 0.05) is 30.1 Å². The molecule has 2 heterocycles. The monoisotopic (exact) mass is 543 g/mol. The first kappa shape index (κ1) is 26.7. The number of thioether (sulfide) groups is 1.